The minimum absolute atomic E-state index is 0.0792. The first-order valence-electron chi connectivity index (χ1n) is 6.17. The molecule has 2 unspecified atom stereocenters. The first-order valence-corrected chi connectivity index (χ1v) is 6.17. The van der Waals surface area contributed by atoms with E-state index in [2.05, 4.69) is 0 Å². The molecule has 19 heavy (non-hydrogen) atoms. The minimum atomic E-state index is -0.286. The number of benzene rings is 1. The highest BCUT2D eigenvalue weighted by Gasteiger charge is 2.28. The maximum Gasteiger partial charge on any atom is 0.257 e. The second kappa shape index (κ2) is 5.46. The lowest BCUT2D eigenvalue weighted by Gasteiger charge is -2.34. The number of phenols is 2. The lowest BCUT2D eigenvalue weighted by atomic mass is 10.1. The number of amides is 1. The molecule has 0 aliphatic carbocycles. The van der Waals surface area contributed by atoms with Crippen molar-refractivity contribution in [1.82, 2.24) is 4.90 Å². The zero-order valence-electron chi connectivity index (χ0n) is 10.7. The number of morpholine rings is 1. The van der Waals surface area contributed by atoms with Crippen LogP contribution in [0.1, 0.15) is 17.3 Å². The first kappa shape index (κ1) is 13.6. The van der Waals surface area contributed by atoms with Crippen LogP contribution in [0.25, 0.3) is 0 Å². The summed E-state index contributed by atoms with van der Waals surface area (Å²) in [5.41, 5.74) is 5.94. The molecule has 1 aromatic carbocycles. The van der Waals surface area contributed by atoms with Crippen LogP contribution >= 0.6 is 0 Å². The number of hydrogen-bond acceptors (Lipinski definition) is 5. The number of nitrogens with zero attached hydrogens (tertiary/aromatic N) is 1. The maximum atomic E-state index is 12.3. The predicted molar refractivity (Wildman–Crippen MR) is 69.1 cm³/mol. The van der Waals surface area contributed by atoms with Crippen LogP contribution in [0.3, 0.4) is 0 Å². The molecule has 0 bridgehead atoms. The summed E-state index contributed by atoms with van der Waals surface area (Å²) in [4.78, 5) is 13.9. The van der Waals surface area contributed by atoms with Gasteiger partial charge in [0.05, 0.1) is 18.3 Å². The lowest BCUT2D eigenvalue weighted by Crippen LogP contribution is -2.51. The van der Waals surface area contributed by atoms with Gasteiger partial charge < -0.3 is 25.6 Å². The Kier molecular flexibility index (Phi) is 3.92. The summed E-state index contributed by atoms with van der Waals surface area (Å²) < 4.78 is 5.48. The van der Waals surface area contributed by atoms with Gasteiger partial charge in [0.15, 0.2) is 0 Å². The van der Waals surface area contributed by atoms with Gasteiger partial charge in [-0.2, -0.15) is 0 Å². The van der Waals surface area contributed by atoms with Crippen LogP contribution in [0.4, 0.5) is 0 Å². The quantitative estimate of drug-likeness (QED) is 0.715. The second-order valence-electron chi connectivity index (χ2n) is 4.72. The van der Waals surface area contributed by atoms with Gasteiger partial charge in [0, 0.05) is 25.2 Å². The van der Waals surface area contributed by atoms with E-state index in [1.54, 1.807) is 4.90 Å². The smallest absolute Gasteiger partial charge is 0.257 e. The molecule has 4 N–H and O–H groups in total. The molecule has 2 atom stereocenters. The Morgan fingerprint density at radius 2 is 2.26 bits per heavy atom. The summed E-state index contributed by atoms with van der Waals surface area (Å²) in [7, 11) is 0. The van der Waals surface area contributed by atoms with E-state index >= 15 is 0 Å². The van der Waals surface area contributed by atoms with Crippen LogP contribution in [0.5, 0.6) is 11.5 Å². The predicted octanol–water partition coefficient (Wildman–Crippen LogP) is 0.286. The Balaban J connectivity index is 2.15. The fourth-order valence-electron chi connectivity index (χ4n) is 2.05. The van der Waals surface area contributed by atoms with E-state index in [0.29, 0.717) is 19.7 Å². The molecule has 6 heteroatoms. The van der Waals surface area contributed by atoms with Gasteiger partial charge in [-0.3, -0.25) is 4.79 Å². The van der Waals surface area contributed by atoms with Gasteiger partial charge in [-0.15, -0.1) is 0 Å². The van der Waals surface area contributed by atoms with E-state index in [0.717, 1.165) is 6.07 Å². The molecule has 1 aliphatic heterocycles. The maximum absolute atomic E-state index is 12.3. The second-order valence-corrected chi connectivity index (χ2v) is 4.72. The molecule has 0 radical (unpaired) electrons. The van der Waals surface area contributed by atoms with E-state index in [1.165, 1.54) is 12.1 Å². The molecule has 1 saturated heterocycles. The molecule has 1 fully saturated rings. The fourth-order valence-corrected chi connectivity index (χ4v) is 2.05. The summed E-state index contributed by atoms with van der Waals surface area (Å²) in [6.45, 7) is 3.12. The van der Waals surface area contributed by atoms with Crippen molar-refractivity contribution in [3.05, 3.63) is 23.8 Å². The molecule has 1 aliphatic rings. The average Bonchev–Trinajstić information content (AvgIpc) is 2.38. The number of phenolic OH excluding ortho intramolecular Hbond substituents is 2. The van der Waals surface area contributed by atoms with E-state index < -0.39 is 0 Å². The molecule has 2 rings (SSSR count). The van der Waals surface area contributed by atoms with Crippen molar-refractivity contribution < 1.29 is 19.7 Å². The highest BCUT2D eigenvalue weighted by Crippen LogP contribution is 2.24. The third-order valence-corrected chi connectivity index (χ3v) is 3.18. The Bertz CT molecular complexity index is 476. The molecule has 104 valence electrons. The van der Waals surface area contributed by atoms with Crippen LogP contribution in [0, 0.1) is 0 Å². The van der Waals surface area contributed by atoms with Crippen molar-refractivity contribution in [3.8, 4) is 11.5 Å². The summed E-state index contributed by atoms with van der Waals surface area (Å²) in [5.74, 6) is -0.593. The number of carbonyl (C=O) groups excluding carboxylic acids is 1. The summed E-state index contributed by atoms with van der Waals surface area (Å²) >= 11 is 0. The normalized spacial score (nSPS) is 21.2. The molecular formula is C13H18N2O4. The number of rotatable bonds is 2. The van der Waals surface area contributed by atoms with E-state index in [9.17, 15) is 15.0 Å². The van der Waals surface area contributed by atoms with Gasteiger partial charge in [-0.05, 0) is 19.1 Å². The van der Waals surface area contributed by atoms with Crippen molar-refractivity contribution >= 4 is 5.91 Å². The number of nitrogens with two attached hydrogens (primary N) is 1. The Morgan fingerprint density at radius 3 is 2.89 bits per heavy atom. The van der Waals surface area contributed by atoms with Crippen LogP contribution in [-0.2, 0) is 4.74 Å². The summed E-state index contributed by atoms with van der Waals surface area (Å²) in [6, 6.07) is 3.76. The van der Waals surface area contributed by atoms with Crippen molar-refractivity contribution in [2.75, 3.05) is 19.7 Å². The molecule has 1 aromatic rings. The lowest BCUT2D eigenvalue weighted by molar-refractivity contribution is -0.0300. The Hall–Kier alpha value is -1.79. The van der Waals surface area contributed by atoms with Crippen LogP contribution < -0.4 is 5.73 Å². The molecule has 0 saturated carbocycles. The number of carbonyl (C=O) groups is 1. The number of aromatic hydroxyl groups is 2. The van der Waals surface area contributed by atoms with Gasteiger partial charge >= 0.3 is 0 Å². The van der Waals surface area contributed by atoms with E-state index in [4.69, 9.17) is 10.5 Å². The van der Waals surface area contributed by atoms with Gasteiger partial charge in [-0.1, -0.05) is 0 Å². The Morgan fingerprint density at radius 1 is 1.53 bits per heavy atom. The average molecular weight is 266 g/mol. The van der Waals surface area contributed by atoms with Gasteiger partial charge in [0.1, 0.15) is 11.5 Å². The highest BCUT2D eigenvalue weighted by atomic mass is 16.5. The van der Waals surface area contributed by atoms with Crippen molar-refractivity contribution in [2.24, 2.45) is 5.73 Å². The SMILES string of the molecule is CC(N)C1CN(C(=O)c2ccc(O)cc2O)CCO1. The molecule has 6 nitrogen and oxygen atoms in total. The third kappa shape index (κ3) is 2.97. The Labute approximate surface area is 111 Å². The fraction of sp³-hybridized carbons (Fsp3) is 0.462. The standard InChI is InChI=1S/C13H18N2O4/c1-8(14)12-7-15(4-5-19-12)13(18)10-3-2-9(16)6-11(10)17/h2-3,6,8,12,16-17H,4-5,7,14H2,1H3. The molecule has 0 aromatic heterocycles. The topological polar surface area (TPSA) is 96.0 Å². The molecular weight excluding hydrogens is 248 g/mol. The third-order valence-electron chi connectivity index (χ3n) is 3.18. The highest BCUT2D eigenvalue weighted by molar-refractivity contribution is 5.97. The van der Waals surface area contributed by atoms with Gasteiger partial charge in [0.2, 0.25) is 0 Å². The van der Waals surface area contributed by atoms with Crippen LogP contribution in [0.2, 0.25) is 0 Å². The minimum Gasteiger partial charge on any atom is -0.508 e. The van der Waals surface area contributed by atoms with Crippen LogP contribution in [-0.4, -0.2) is 52.9 Å². The first-order chi connectivity index (χ1) is 8.99. The van der Waals surface area contributed by atoms with Crippen molar-refractivity contribution in [3.63, 3.8) is 0 Å². The zero-order chi connectivity index (χ0) is 14.0. The largest absolute Gasteiger partial charge is 0.508 e. The summed E-state index contributed by atoms with van der Waals surface area (Å²) in [5, 5.41) is 18.9. The molecule has 0 spiro atoms. The van der Waals surface area contributed by atoms with Crippen LogP contribution in [0.15, 0.2) is 18.2 Å². The van der Waals surface area contributed by atoms with Crippen molar-refractivity contribution in [1.29, 1.82) is 0 Å². The number of ether oxygens (including phenoxy) is 1. The molecule has 1 amide bonds. The molecule has 1 heterocycles. The number of hydrogen-bond donors (Lipinski definition) is 3. The zero-order valence-corrected chi connectivity index (χ0v) is 10.7. The van der Waals surface area contributed by atoms with Gasteiger partial charge in [0.25, 0.3) is 5.91 Å². The summed E-state index contributed by atoms with van der Waals surface area (Å²) in [6.07, 6.45) is -0.197. The van der Waals surface area contributed by atoms with Gasteiger partial charge in [-0.25, -0.2) is 0 Å². The van der Waals surface area contributed by atoms with E-state index in [1.807, 2.05) is 6.92 Å². The van der Waals surface area contributed by atoms with E-state index in [-0.39, 0.29) is 35.1 Å². The van der Waals surface area contributed by atoms with Crippen molar-refractivity contribution in [2.45, 2.75) is 19.1 Å². The monoisotopic (exact) mass is 266 g/mol.